The van der Waals surface area contributed by atoms with E-state index in [2.05, 4.69) is 4.98 Å². The maximum atomic E-state index is 12.8. The van der Waals surface area contributed by atoms with Crippen LogP contribution in [0.4, 0.5) is 31.5 Å². The third-order valence-corrected chi connectivity index (χ3v) is 7.08. The monoisotopic (exact) mass is 445 g/mol. The molecule has 1 aromatic carbocycles. The van der Waals surface area contributed by atoms with E-state index in [0.29, 0.717) is 23.6 Å². The molecule has 1 fully saturated rings. The van der Waals surface area contributed by atoms with Crippen LogP contribution in [0.2, 0.25) is 0 Å². The van der Waals surface area contributed by atoms with Gasteiger partial charge in [-0.05, 0) is 18.2 Å². The Morgan fingerprint density at radius 2 is 1.61 bits per heavy atom. The number of sulfonamides is 1. The Morgan fingerprint density at radius 1 is 0.964 bits per heavy atom. The summed E-state index contributed by atoms with van der Waals surface area (Å²) in [5.74, 6) is 0. The number of hydrogen-bond acceptors (Lipinski definition) is 5. The number of anilines is 1. The van der Waals surface area contributed by atoms with E-state index >= 15 is 0 Å². The number of rotatable bonds is 3. The summed E-state index contributed by atoms with van der Waals surface area (Å²) in [5.41, 5.74) is -1.07. The summed E-state index contributed by atoms with van der Waals surface area (Å²) in [6.07, 6.45) is -8.47. The van der Waals surface area contributed by atoms with Crippen molar-refractivity contribution < 1.29 is 34.8 Å². The molecule has 2 heterocycles. The summed E-state index contributed by atoms with van der Waals surface area (Å²) in [7, 11) is -4.16. The summed E-state index contributed by atoms with van der Waals surface area (Å²) in [5, 5.41) is 0.114. The largest absolute Gasteiger partial charge is 0.427 e. The highest BCUT2D eigenvalue weighted by Crippen LogP contribution is 2.37. The highest BCUT2D eigenvalue weighted by molar-refractivity contribution is 7.89. The van der Waals surface area contributed by atoms with Crippen LogP contribution in [0.5, 0.6) is 0 Å². The van der Waals surface area contributed by atoms with Gasteiger partial charge in [0, 0.05) is 26.2 Å². The van der Waals surface area contributed by atoms with Crippen molar-refractivity contribution in [2.75, 3.05) is 31.1 Å². The Bertz CT molecular complexity index is 947. The number of benzene rings is 1. The van der Waals surface area contributed by atoms with E-state index in [1.54, 1.807) is 0 Å². The smallest absolute Gasteiger partial charge is 0.345 e. The molecule has 0 spiro atoms. The van der Waals surface area contributed by atoms with E-state index in [9.17, 15) is 34.8 Å². The van der Waals surface area contributed by atoms with E-state index in [1.807, 2.05) is 0 Å². The minimum Gasteiger partial charge on any atom is -0.345 e. The van der Waals surface area contributed by atoms with Crippen LogP contribution in [0.25, 0.3) is 0 Å². The van der Waals surface area contributed by atoms with Crippen LogP contribution in [-0.4, -0.2) is 43.9 Å². The minimum absolute atomic E-state index is 0.0724. The zero-order chi connectivity index (χ0) is 20.7. The third kappa shape index (κ3) is 4.25. The highest BCUT2D eigenvalue weighted by Gasteiger charge is 2.36. The molecular formula is C15H13F6N3O2S2. The van der Waals surface area contributed by atoms with Gasteiger partial charge in [-0.25, -0.2) is 13.4 Å². The van der Waals surface area contributed by atoms with Crippen molar-refractivity contribution in [1.29, 1.82) is 0 Å². The third-order valence-electron chi connectivity index (χ3n) is 4.08. The van der Waals surface area contributed by atoms with Gasteiger partial charge in [-0.15, -0.1) is 0 Å². The molecule has 3 rings (SSSR count). The van der Waals surface area contributed by atoms with Crippen molar-refractivity contribution in [2.24, 2.45) is 0 Å². The molecule has 1 aliphatic heterocycles. The fourth-order valence-corrected chi connectivity index (χ4v) is 4.95. The van der Waals surface area contributed by atoms with Gasteiger partial charge in [0.15, 0.2) is 5.13 Å². The number of hydrogen-bond donors (Lipinski definition) is 0. The van der Waals surface area contributed by atoms with Crippen molar-refractivity contribution in [2.45, 2.75) is 17.2 Å². The van der Waals surface area contributed by atoms with Crippen LogP contribution in [0.1, 0.15) is 10.4 Å². The zero-order valence-corrected chi connectivity index (χ0v) is 15.6. The van der Waals surface area contributed by atoms with Crippen LogP contribution < -0.4 is 4.90 Å². The lowest BCUT2D eigenvalue weighted by Gasteiger charge is -2.33. The SMILES string of the molecule is O=S(=O)(c1cccc(C(F)(F)F)c1)N1CCN(c2ncc(C(F)(F)F)s2)CC1. The summed E-state index contributed by atoms with van der Waals surface area (Å²) in [6.45, 7) is -0.0228. The van der Waals surface area contributed by atoms with Gasteiger partial charge in [0.05, 0.1) is 16.7 Å². The average molecular weight is 445 g/mol. The standard InChI is InChI=1S/C15H13F6N3O2S2/c16-14(17,18)10-2-1-3-11(8-10)28(25,26)24-6-4-23(5-7-24)13-22-9-12(27-13)15(19,20)21/h1-3,8-9H,4-7H2. The number of alkyl halides is 6. The highest BCUT2D eigenvalue weighted by atomic mass is 32.2. The van der Waals surface area contributed by atoms with Gasteiger partial charge >= 0.3 is 12.4 Å². The molecule has 0 atom stereocenters. The summed E-state index contributed by atoms with van der Waals surface area (Å²) in [4.78, 5) is 3.89. The second-order valence-corrected chi connectivity index (χ2v) is 8.87. The molecule has 0 aliphatic carbocycles. The fraction of sp³-hybridized carbons (Fsp3) is 0.400. The predicted octanol–water partition coefficient (Wildman–Crippen LogP) is 3.69. The van der Waals surface area contributed by atoms with E-state index < -0.39 is 37.7 Å². The van der Waals surface area contributed by atoms with Crippen LogP contribution in [0.3, 0.4) is 0 Å². The molecule has 0 radical (unpaired) electrons. The predicted molar refractivity (Wildman–Crippen MR) is 89.5 cm³/mol. The van der Waals surface area contributed by atoms with Gasteiger partial charge in [0.2, 0.25) is 10.0 Å². The molecule has 0 bridgehead atoms. The minimum atomic E-state index is -4.68. The molecular weight excluding hydrogens is 432 g/mol. The van der Waals surface area contributed by atoms with Gasteiger partial charge in [-0.1, -0.05) is 17.4 Å². The first-order valence-corrected chi connectivity index (χ1v) is 10.1. The Labute approximate surface area is 160 Å². The molecule has 1 aliphatic rings. The lowest BCUT2D eigenvalue weighted by atomic mass is 10.2. The summed E-state index contributed by atoms with van der Waals surface area (Å²) < 4.78 is 103. The molecule has 5 nitrogen and oxygen atoms in total. The number of aromatic nitrogens is 1. The Morgan fingerprint density at radius 3 is 2.14 bits per heavy atom. The lowest BCUT2D eigenvalue weighted by molar-refractivity contribution is -0.137. The average Bonchev–Trinajstić information content (AvgIpc) is 3.12. The summed E-state index contributed by atoms with van der Waals surface area (Å²) in [6, 6.07) is 3.43. The van der Waals surface area contributed by atoms with Crippen LogP contribution >= 0.6 is 11.3 Å². The molecule has 0 N–H and O–H groups in total. The quantitative estimate of drug-likeness (QED) is 0.677. The molecule has 0 amide bonds. The molecule has 0 unspecified atom stereocenters. The molecule has 1 aromatic heterocycles. The number of nitrogens with zero attached hydrogens (tertiary/aromatic N) is 3. The molecule has 28 heavy (non-hydrogen) atoms. The van der Waals surface area contributed by atoms with Gasteiger partial charge < -0.3 is 4.90 Å². The number of piperazine rings is 1. The number of halogens is 6. The van der Waals surface area contributed by atoms with Gasteiger partial charge in [-0.3, -0.25) is 0 Å². The van der Waals surface area contributed by atoms with Gasteiger partial charge in [-0.2, -0.15) is 30.6 Å². The van der Waals surface area contributed by atoms with E-state index in [1.165, 1.54) is 4.90 Å². The topological polar surface area (TPSA) is 53.5 Å². The van der Waals surface area contributed by atoms with Crippen molar-refractivity contribution in [1.82, 2.24) is 9.29 Å². The molecule has 154 valence electrons. The van der Waals surface area contributed by atoms with E-state index in [4.69, 9.17) is 0 Å². The first kappa shape index (κ1) is 20.9. The van der Waals surface area contributed by atoms with E-state index in [-0.39, 0.29) is 31.3 Å². The Balaban J connectivity index is 1.73. The normalized spacial score (nSPS) is 17.1. The maximum Gasteiger partial charge on any atom is 0.427 e. The van der Waals surface area contributed by atoms with Crippen molar-refractivity contribution in [3.8, 4) is 0 Å². The lowest BCUT2D eigenvalue weighted by Crippen LogP contribution is -2.48. The Hall–Kier alpha value is -1.86. The first-order chi connectivity index (χ1) is 12.9. The fourth-order valence-electron chi connectivity index (χ4n) is 2.64. The van der Waals surface area contributed by atoms with Crippen LogP contribution in [-0.2, 0) is 22.4 Å². The van der Waals surface area contributed by atoms with E-state index in [0.717, 1.165) is 22.5 Å². The van der Waals surface area contributed by atoms with Crippen LogP contribution in [0, 0.1) is 0 Å². The molecule has 0 saturated carbocycles. The summed E-state index contributed by atoms with van der Waals surface area (Å²) >= 11 is 0.453. The first-order valence-electron chi connectivity index (χ1n) is 7.84. The van der Waals surface area contributed by atoms with Crippen molar-refractivity contribution in [3.05, 3.63) is 40.9 Å². The zero-order valence-electron chi connectivity index (χ0n) is 14.0. The van der Waals surface area contributed by atoms with Crippen molar-refractivity contribution >= 4 is 26.5 Å². The Kier molecular flexibility index (Phi) is 5.36. The molecule has 2 aromatic rings. The van der Waals surface area contributed by atoms with Crippen molar-refractivity contribution in [3.63, 3.8) is 0 Å². The van der Waals surface area contributed by atoms with Gasteiger partial charge in [0.25, 0.3) is 0 Å². The number of thiazole rings is 1. The van der Waals surface area contributed by atoms with Crippen LogP contribution in [0.15, 0.2) is 35.4 Å². The second-order valence-electron chi connectivity index (χ2n) is 5.92. The second kappa shape index (κ2) is 7.19. The molecule has 13 heteroatoms. The van der Waals surface area contributed by atoms with Gasteiger partial charge in [0.1, 0.15) is 4.88 Å². The molecule has 1 saturated heterocycles. The maximum absolute atomic E-state index is 12.8.